The van der Waals surface area contributed by atoms with E-state index in [0.717, 1.165) is 52.0 Å². The second-order valence-corrected chi connectivity index (χ2v) is 4.78. The third-order valence-corrected chi connectivity index (χ3v) is 3.62. The van der Waals surface area contributed by atoms with Crippen molar-refractivity contribution in [3.05, 3.63) is 12.7 Å². The van der Waals surface area contributed by atoms with Crippen molar-refractivity contribution >= 4 is 5.91 Å². The molecular formula is C14H26N2O. The lowest BCUT2D eigenvalue weighted by Crippen LogP contribution is -2.38. The molecule has 3 nitrogen and oxygen atoms in total. The second kappa shape index (κ2) is 7.49. The Morgan fingerprint density at radius 2 is 1.94 bits per heavy atom. The minimum absolute atomic E-state index is 0.223. The van der Waals surface area contributed by atoms with E-state index in [2.05, 4.69) is 30.2 Å². The number of rotatable bonds is 5. The third kappa shape index (κ3) is 4.15. The molecule has 1 heterocycles. The molecule has 0 atom stereocenters. The van der Waals surface area contributed by atoms with Crippen molar-refractivity contribution < 1.29 is 4.79 Å². The van der Waals surface area contributed by atoms with E-state index in [1.54, 1.807) is 0 Å². The summed E-state index contributed by atoms with van der Waals surface area (Å²) in [5, 5.41) is 0. The van der Waals surface area contributed by atoms with Crippen LogP contribution in [0.25, 0.3) is 0 Å². The standard InChI is InChI=1S/C14H26N2O/c1-4-8-15-9-7-10-16(12-11-15)14(17)13(5-2)6-3/h4,13H,1,5-12H2,2-3H3. The van der Waals surface area contributed by atoms with Gasteiger partial charge >= 0.3 is 0 Å². The Morgan fingerprint density at radius 1 is 1.24 bits per heavy atom. The van der Waals surface area contributed by atoms with E-state index in [9.17, 15) is 4.79 Å². The summed E-state index contributed by atoms with van der Waals surface area (Å²) in [6.07, 6.45) is 4.95. The van der Waals surface area contributed by atoms with Crippen molar-refractivity contribution in [3.63, 3.8) is 0 Å². The van der Waals surface area contributed by atoms with E-state index in [0.29, 0.717) is 5.91 Å². The second-order valence-electron chi connectivity index (χ2n) is 4.78. The van der Waals surface area contributed by atoms with Crippen LogP contribution in [0.4, 0.5) is 0 Å². The highest BCUT2D eigenvalue weighted by Crippen LogP contribution is 2.14. The Kier molecular flexibility index (Phi) is 6.27. The van der Waals surface area contributed by atoms with Gasteiger partial charge in [-0.2, -0.15) is 0 Å². The quantitative estimate of drug-likeness (QED) is 0.685. The van der Waals surface area contributed by atoms with Crippen LogP contribution in [-0.4, -0.2) is 48.4 Å². The first-order chi connectivity index (χ1) is 8.22. The molecule has 1 rings (SSSR count). The van der Waals surface area contributed by atoms with Crippen LogP contribution in [0.2, 0.25) is 0 Å². The van der Waals surface area contributed by atoms with Crippen molar-refractivity contribution in [2.45, 2.75) is 33.1 Å². The van der Waals surface area contributed by atoms with Gasteiger partial charge in [0.05, 0.1) is 0 Å². The SMILES string of the molecule is C=CCN1CCCN(C(=O)C(CC)CC)CC1. The molecule has 1 saturated heterocycles. The van der Waals surface area contributed by atoms with Gasteiger partial charge in [0.15, 0.2) is 0 Å². The van der Waals surface area contributed by atoms with E-state index in [1.807, 2.05) is 6.08 Å². The minimum Gasteiger partial charge on any atom is -0.341 e. The van der Waals surface area contributed by atoms with Crippen LogP contribution >= 0.6 is 0 Å². The van der Waals surface area contributed by atoms with Crippen LogP contribution in [0.5, 0.6) is 0 Å². The maximum absolute atomic E-state index is 12.3. The number of amides is 1. The van der Waals surface area contributed by atoms with Gasteiger partial charge in [0.2, 0.25) is 5.91 Å². The molecular weight excluding hydrogens is 212 g/mol. The Morgan fingerprint density at radius 3 is 2.53 bits per heavy atom. The first kappa shape index (κ1) is 14.2. The summed E-state index contributed by atoms with van der Waals surface area (Å²) >= 11 is 0. The Labute approximate surface area is 105 Å². The Hall–Kier alpha value is -0.830. The maximum Gasteiger partial charge on any atom is 0.225 e. The molecule has 1 amide bonds. The van der Waals surface area contributed by atoms with Crippen molar-refractivity contribution in [3.8, 4) is 0 Å². The van der Waals surface area contributed by atoms with Crippen LogP contribution < -0.4 is 0 Å². The molecule has 1 aliphatic heterocycles. The largest absolute Gasteiger partial charge is 0.341 e. The fourth-order valence-electron chi connectivity index (χ4n) is 2.45. The summed E-state index contributed by atoms with van der Waals surface area (Å²) in [6, 6.07) is 0. The van der Waals surface area contributed by atoms with E-state index >= 15 is 0 Å². The zero-order chi connectivity index (χ0) is 12.7. The third-order valence-electron chi connectivity index (χ3n) is 3.62. The summed E-state index contributed by atoms with van der Waals surface area (Å²) in [5.41, 5.74) is 0. The molecule has 98 valence electrons. The fourth-order valence-corrected chi connectivity index (χ4v) is 2.45. The van der Waals surface area contributed by atoms with Gasteiger partial charge in [-0.15, -0.1) is 6.58 Å². The molecule has 0 spiro atoms. The predicted octanol–water partition coefficient (Wildman–Crippen LogP) is 2.14. The van der Waals surface area contributed by atoms with E-state index in [4.69, 9.17) is 0 Å². The summed E-state index contributed by atoms with van der Waals surface area (Å²) in [4.78, 5) is 16.7. The Bertz CT molecular complexity index is 249. The molecule has 0 aromatic heterocycles. The molecule has 0 aromatic rings. The van der Waals surface area contributed by atoms with Crippen LogP contribution in [0, 0.1) is 5.92 Å². The van der Waals surface area contributed by atoms with Gasteiger partial charge in [0.25, 0.3) is 0 Å². The van der Waals surface area contributed by atoms with Crippen molar-refractivity contribution in [2.75, 3.05) is 32.7 Å². The summed E-state index contributed by atoms with van der Waals surface area (Å²) < 4.78 is 0. The lowest BCUT2D eigenvalue weighted by Gasteiger charge is -2.25. The first-order valence-electron chi connectivity index (χ1n) is 6.84. The van der Waals surface area contributed by atoms with Crippen LogP contribution in [0.15, 0.2) is 12.7 Å². The number of hydrogen-bond acceptors (Lipinski definition) is 2. The molecule has 1 aliphatic rings. The molecule has 0 aromatic carbocycles. The van der Waals surface area contributed by atoms with Crippen LogP contribution in [0.3, 0.4) is 0 Å². The number of carbonyl (C=O) groups is 1. The molecule has 3 heteroatoms. The average Bonchev–Trinajstić information content (AvgIpc) is 2.57. The van der Waals surface area contributed by atoms with Crippen molar-refractivity contribution in [1.29, 1.82) is 0 Å². The topological polar surface area (TPSA) is 23.6 Å². The van der Waals surface area contributed by atoms with Gasteiger partial charge in [-0.25, -0.2) is 0 Å². The lowest BCUT2D eigenvalue weighted by atomic mass is 10.0. The lowest BCUT2D eigenvalue weighted by molar-refractivity contribution is -0.135. The highest BCUT2D eigenvalue weighted by Gasteiger charge is 2.23. The van der Waals surface area contributed by atoms with E-state index < -0.39 is 0 Å². The summed E-state index contributed by atoms with van der Waals surface area (Å²) in [5.74, 6) is 0.580. The number of nitrogens with zero attached hydrogens (tertiary/aromatic N) is 2. The van der Waals surface area contributed by atoms with E-state index in [-0.39, 0.29) is 5.92 Å². The number of carbonyl (C=O) groups excluding carboxylic acids is 1. The summed E-state index contributed by atoms with van der Waals surface area (Å²) in [7, 11) is 0. The zero-order valence-corrected chi connectivity index (χ0v) is 11.3. The fraction of sp³-hybridized carbons (Fsp3) is 0.786. The van der Waals surface area contributed by atoms with Gasteiger partial charge in [-0.1, -0.05) is 19.9 Å². The highest BCUT2D eigenvalue weighted by atomic mass is 16.2. The van der Waals surface area contributed by atoms with Crippen molar-refractivity contribution in [1.82, 2.24) is 9.80 Å². The first-order valence-corrected chi connectivity index (χ1v) is 6.84. The number of hydrogen-bond donors (Lipinski definition) is 0. The Balaban J connectivity index is 2.50. The zero-order valence-electron chi connectivity index (χ0n) is 11.3. The predicted molar refractivity (Wildman–Crippen MR) is 71.9 cm³/mol. The highest BCUT2D eigenvalue weighted by molar-refractivity contribution is 5.78. The molecule has 0 radical (unpaired) electrons. The normalized spacial score (nSPS) is 18.2. The van der Waals surface area contributed by atoms with Crippen LogP contribution in [0.1, 0.15) is 33.1 Å². The van der Waals surface area contributed by atoms with Gasteiger partial charge in [-0.3, -0.25) is 9.69 Å². The maximum atomic E-state index is 12.3. The minimum atomic E-state index is 0.223. The van der Waals surface area contributed by atoms with Crippen LogP contribution in [-0.2, 0) is 4.79 Å². The van der Waals surface area contributed by atoms with E-state index in [1.165, 1.54) is 0 Å². The van der Waals surface area contributed by atoms with Gasteiger partial charge in [0, 0.05) is 38.6 Å². The average molecular weight is 238 g/mol. The van der Waals surface area contributed by atoms with Gasteiger partial charge in [0.1, 0.15) is 0 Å². The van der Waals surface area contributed by atoms with Crippen molar-refractivity contribution in [2.24, 2.45) is 5.92 Å². The molecule has 0 saturated carbocycles. The van der Waals surface area contributed by atoms with Gasteiger partial charge < -0.3 is 4.90 Å². The monoisotopic (exact) mass is 238 g/mol. The molecule has 17 heavy (non-hydrogen) atoms. The molecule has 0 unspecified atom stereocenters. The summed E-state index contributed by atoms with van der Waals surface area (Å²) in [6.45, 7) is 12.8. The molecule has 0 N–H and O–H groups in total. The molecule has 0 aliphatic carbocycles. The molecule has 1 fully saturated rings. The van der Waals surface area contributed by atoms with Gasteiger partial charge in [-0.05, 0) is 19.3 Å². The molecule has 0 bridgehead atoms. The smallest absolute Gasteiger partial charge is 0.225 e.